The molecule has 0 saturated heterocycles. The maximum absolute atomic E-state index is 14.2. The van der Waals surface area contributed by atoms with Crippen molar-refractivity contribution in [3.63, 3.8) is 0 Å². The van der Waals surface area contributed by atoms with Gasteiger partial charge in [-0.2, -0.15) is 0 Å². The molecule has 252 valence electrons. The van der Waals surface area contributed by atoms with Crippen LogP contribution in [0.15, 0.2) is 109 Å². The van der Waals surface area contributed by atoms with Crippen molar-refractivity contribution < 1.29 is 42.2 Å². The van der Waals surface area contributed by atoms with Gasteiger partial charge in [-0.1, -0.05) is 48.5 Å². The number of nitrogens with two attached hydrogens (primary N) is 4. The zero-order valence-electron chi connectivity index (χ0n) is 25.9. The van der Waals surface area contributed by atoms with Crippen molar-refractivity contribution in [2.24, 2.45) is 0 Å². The highest BCUT2D eigenvalue weighted by Gasteiger charge is 2.46. The minimum absolute atomic E-state index is 0.0193. The third kappa shape index (κ3) is 9.28. The number of hydrogen-bond donors (Lipinski definition) is 5. The normalized spacial score (nSPS) is 15.3. The smallest absolute Gasteiger partial charge is 0.475 e. The van der Waals surface area contributed by atoms with Crippen molar-refractivity contribution >= 4 is 36.5 Å². The van der Waals surface area contributed by atoms with Gasteiger partial charge in [0.05, 0.1) is 19.8 Å². The maximum Gasteiger partial charge on any atom is 0.475 e. The summed E-state index contributed by atoms with van der Waals surface area (Å²) in [7, 11) is -4.47. The molecule has 1 aliphatic heterocycles. The molecule has 0 aromatic heterocycles. The number of phosphoric ester groups is 1. The predicted octanol–water partition coefficient (Wildman–Crippen LogP) is 4.81. The molecule has 13 nitrogen and oxygen atoms in total. The van der Waals surface area contributed by atoms with Crippen LogP contribution in [0.25, 0.3) is 0 Å². The van der Waals surface area contributed by atoms with E-state index in [-0.39, 0.29) is 37.9 Å². The molecule has 48 heavy (non-hydrogen) atoms. The van der Waals surface area contributed by atoms with Crippen molar-refractivity contribution in [2.75, 3.05) is 29.5 Å². The lowest BCUT2D eigenvalue weighted by Crippen LogP contribution is -2.35. The van der Waals surface area contributed by atoms with Crippen LogP contribution in [-0.4, -0.2) is 29.9 Å². The Morgan fingerprint density at radius 2 is 1.00 bits per heavy atom. The lowest BCUT2D eigenvalue weighted by atomic mass is 10.1. The molecule has 0 spiro atoms. The number of anilines is 4. The number of rotatable bonds is 16. The van der Waals surface area contributed by atoms with Gasteiger partial charge in [0.2, 0.25) is 5.76 Å². The van der Waals surface area contributed by atoms with Gasteiger partial charge in [0.1, 0.15) is 19.3 Å². The monoisotopic (exact) mass is 676 g/mol. The first-order chi connectivity index (χ1) is 23.1. The minimum Gasteiger partial charge on any atom is -0.485 e. The van der Waals surface area contributed by atoms with Crippen LogP contribution in [0.2, 0.25) is 0 Å². The molecular weight excluding hydrogens is 639 g/mol. The van der Waals surface area contributed by atoms with Crippen molar-refractivity contribution in [1.82, 2.24) is 0 Å². The molecule has 0 bridgehead atoms. The largest absolute Gasteiger partial charge is 0.485 e. The molecule has 0 aliphatic carbocycles. The zero-order valence-corrected chi connectivity index (χ0v) is 26.8. The predicted molar refractivity (Wildman–Crippen MR) is 179 cm³/mol. The number of aliphatic hydroxyl groups excluding tert-OH is 1. The fraction of sp³-hybridized carbons (Fsp3) is 0.206. The van der Waals surface area contributed by atoms with Crippen LogP contribution in [0.3, 0.4) is 0 Å². The van der Waals surface area contributed by atoms with E-state index >= 15 is 0 Å². The molecule has 4 aromatic rings. The zero-order chi connectivity index (χ0) is 34.1. The van der Waals surface area contributed by atoms with Gasteiger partial charge in [-0.25, -0.2) is 9.36 Å². The fourth-order valence-electron chi connectivity index (χ4n) is 4.50. The molecular formula is C34H37N4O9P. The van der Waals surface area contributed by atoms with Gasteiger partial charge in [0.25, 0.3) is 0 Å². The molecule has 4 aromatic carbocycles. The number of nitrogen functional groups attached to an aromatic ring is 4. The number of carbonyl (C=O) groups excluding carboxylic acids is 1. The van der Waals surface area contributed by atoms with Gasteiger partial charge < -0.3 is 42.3 Å². The van der Waals surface area contributed by atoms with Gasteiger partial charge in [-0.15, -0.1) is 0 Å². The SMILES string of the molecule is Nc1ccc(COC2=C(OCc3ccc(N)cc3)[C@@H]([C@H](CO)OP(=O)(OCc3ccc(N)cc3)OCc3ccc(N)cc3)OC2=O)cc1. The van der Waals surface area contributed by atoms with Gasteiger partial charge in [0.15, 0.2) is 11.9 Å². The number of carbonyl (C=O) groups is 1. The summed E-state index contributed by atoms with van der Waals surface area (Å²) in [4.78, 5) is 13.2. The van der Waals surface area contributed by atoms with Crippen LogP contribution in [0.5, 0.6) is 0 Å². The van der Waals surface area contributed by atoms with Gasteiger partial charge >= 0.3 is 13.8 Å². The van der Waals surface area contributed by atoms with E-state index in [1.165, 1.54) is 0 Å². The summed E-state index contributed by atoms with van der Waals surface area (Å²) in [5.74, 6) is -1.19. The Hall–Kier alpha value is -5.04. The Bertz CT molecular complexity index is 1700. The van der Waals surface area contributed by atoms with Crippen molar-refractivity contribution in [2.45, 2.75) is 38.6 Å². The third-order valence-electron chi connectivity index (χ3n) is 7.16. The highest BCUT2D eigenvalue weighted by atomic mass is 31.2. The van der Waals surface area contributed by atoms with E-state index < -0.39 is 32.6 Å². The summed E-state index contributed by atoms with van der Waals surface area (Å²) < 4.78 is 49.0. The first-order valence-electron chi connectivity index (χ1n) is 14.9. The molecule has 0 unspecified atom stereocenters. The molecule has 0 amide bonds. The second-order valence-electron chi connectivity index (χ2n) is 10.9. The lowest BCUT2D eigenvalue weighted by molar-refractivity contribution is -0.148. The highest BCUT2D eigenvalue weighted by molar-refractivity contribution is 7.48. The molecule has 0 saturated carbocycles. The summed E-state index contributed by atoms with van der Waals surface area (Å²) in [6.45, 7) is -1.18. The van der Waals surface area contributed by atoms with Crippen LogP contribution in [0.4, 0.5) is 22.7 Å². The number of esters is 1. The average molecular weight is 677 g/mol. The number of hydrogen-bond acceptors (Lipinski definition) is 13. The van der Waals surface area contributed by atoms with E-state index in [9.17, 15) is 14.5 Å². The Morgan fingerprint density at radius 1 is 0.625 bits per heavy atom. The number of cyclic esters (lactones) is 1. The minimum atomic E-state index is -4.47. The molecule has 5 rings (SSSR count). The Kier molecular flexibility index (Phi) is 11.2. The lowest BCUT2D eigenvalue weighted by Gasteiger charge is -2.27. The average Bonchev–Trinajstić information content (AvgIpc) is 3.40. The van der Waals surface area contributed by atoms with Gasteiger partial charge in [-0.3, -0.25) is 13.6 Å². The highest BCUT2D eigenvalue weighted by Crippen LogP contribution is 2.53. The second-order valence-corrected chi connectivity index (χ2v) is 12.5. The Balaban J connectivity index is 1.40. The van der Waals surface area contributed by atoms with E-state index in [2.05, 4.69) is 0 Å². The fourth-order valence-corrected chi connectivity index (χ4v) is 5.82. The van der Waals surface area contributed by atoms with E-state index in [0.717, 1.165) is 11.1 Å². The van der Waals surface area contributed by atoms with Crippen molar-refractivity contribution in [3.8, 4) is 0 Å². The topological polar surface area (TPSA) is 214 Å². The van der Waals surface area contributed by atoms with E-state index in [1.807, 2.05) is 0 Å². The molecule has 0 radical (unpaired) electrons. The molecule has 1 aliphatic rings. The van der Waals surface area contributed by atoms with Gasteiger partial charge in [-0.05, 0) is 70.8 Å². The van der Waals surface area contributed by atoms with Crippen LogP contribution >= 0.6 is 7.82 Å². The van der Waals surface area contributed by atoms with Crippen LogP contribution in [-0.2, 0) is 63.6 Å². The van der Waals surface area contributed by atoms with E-state index in [4.69, 9.17) is 50.7 Å². The Labute approximate surface area is 277 Å². The van der Waals surface area contributed by atoms with E-state index in [0.29, 0.717) is 33.9 Å². The standard InChI is InChI=1S/C34H37N4O9P/c35-26-9-1-22(2-10-26)18-42-32-31(46-34(40)33(32)43-19-23-3-11-27(36)12-4-23)30(17-39)47-48(41,44-20-24-5-13-28(37)14-6-24)45-21-25-7-15-29(38)16-8-25/h1-16,30-31,39H,17-21,35-38H2/t30-,31+/m0/s1. The third-order valence-corrected chi connectivity index (χ3v) is 8.58. The quantitative estimate of drug-likeness (QED) is 0.0613. The molecule has 14 heteroatoms. The van der Waals surface area contributed by atoms with Crippen molar-refractivity contribution in [1.29, 1.82) is 0 Å². The summed E-state index contributed by atoms with van der Waals surface area (Å²) >= 11 is 0. The van der Waals surface area contributed by atoms with Crippen LogP contribution < -0.4 is 22.9 Å². The number of benzene rings is 4. The maximum atomic E-state index is 14.2. The molecule has 1 heterocycles. The second kappa shape index (κ2) is 15.7. The number of aliphatic hydroxyl groups is 1. The molecule has 0 fully saturated rings. The molecule has 9 N–H and O–H groups in total. The number of phosphoric acid groups is 1. The first kappa shape index (κ1) is 34.3. The summed E-state index contributed by atoms with van der Waals surface area (Å²) in [6.07, 6.45) is -2.84. The van der Waals surface area contributed by atoms with Gasteiger partial charge in [0, 0.05) is 22.7 Å². The first-order valence-corrected chi connectivity index (χ1v) is 16.3. The Morgan fingerprint density at radius 3 is 1.40 bits per heavy atom. The summed E-state index contributed by atoms with van der Waals surface area (Å²) in [5, 5.41) is 10.5. The summed E-state index contributed by atoms with van der Waals surface area (Å²) in [6, 6.07) is 27.2. The molecule has 2 atom stereocenters. The van der Waals surface area contributed by atoms with Crippen LogP contribution in [0.1, 0.15) is 22.3 Å². The van der Waals surface area contributed by atoms with E-state index in [1.54, 1.807) is 97.1 Å². The van der Waals surface area contributed by atoms with Crippen LogP contribution in [0, 0.1) is 0 Å². The van der Waals surface area contributed by atoms with Crippen molar-refractivity contribution in [3.05, 3.63) is 131 Å². The summed E-state index contributed by atoms with van der Waals surface area (Å²) in [5.41, 5.74) is 28.1. The number of ether oxygens (including phenoxy) is 3.